The average Bonchev–Trinajstić information content (AvgIpc) is 2.29. The Hall–Kier alpha value is -1.61. The van der Waals surface area contributed by atoms with Gasteiger partial charge in [-0.15, -0.1) is 0 Å². The van der Waals surface area contributed by atoms with Gasteiger partial charge in [0.1, 0.15) is 0 Å². The minimum Gasteiger partial charge on any atom is -0.388 e. The smallest absolute Gasteiger partial charge is 0.0885 e. The molecule has 0 saturated heterocycles. The SMILES string of the molecule is CNc1cc(COC)nc2ccc(C)cc12. The molecule has 16 heavy (non-hydrogen) atoms. The van der Waals surface area contributed by atoms with Crippen LogP contribution in [0.3, 0.4) is 0 Å². The quantitative estimate of drug-likeness (QED) is 0.856. The average molecular weight is 216 g/mol. The molecule has 84 valence electrons. The van der Waals surface area contributed by atoms with E-state index in [4.69, 9.17) is 4.74 Å². The number of benzene rings is 1. The standard InChI is InChI=1S/C13H16N2O/c1-9-4-5-12-11(6-9)13(14-2)7-10(15-12)8-16-3/h4-7H,8H2,1-3H3,(H,14,15). The Balaban J connectivity index is 2.63. The van der Waals surface area contributed by atoms with Crippen molar-refractivity contribution in [3.8, 4) is 0 Å². The first-order valence-corrected chi connectivity index (χ1v) is 5.31. The third-order valence-electron chi connectivity index (χ3n) is 2.58. The molecule has 3 nitrogen and oxygen atoms in total. The molecule has 0 aliphatic rings. The van der Waals surface area contributed by atoms with E-state index in [1.807, 2.05) is 19.2 Å². The van der Waals surface area contributed by atoms with Gasteiger partial charge in [-0.25, -0.2) is 0 Å². The third-order valence-corrected chi connectivity index (χ3v) is 2.58. The van der Waals surface area contributed by atoms with E-state index < -0.39 is 0 Å². The number of ether oxygens (including phenoxy) is 1. The van der Waals surface area contributed by atoms with Gasteiger partial charge in [0, 0.05) is 25.2 Å². The number of nitrogens with one attached hydrogen (secondary N) is 1. The Labute approximate surface area is 95.5 Å². The summed E-state index contributed by atoms with van der Waals surface area (Å²) in [5, 5.41) is 4.36. The first-order valence-electron chi connectivity index (χ1n) is 5.31. The zero-order valence-corrected chi connectivity index (χ0v) is 9.87. The highest BCUT2D eigenvalue weighted by molar-refractivity contribution is 5.91. The lowest BCUT2D eigenvalue weighted by atomic mass is 10.1. The molecule has 0 amide bonds. The summed E-state index contributed by atoms with van der Waals surface area (Å²) < 4.78 is 5.11. The van der Waals surface area contributed by atoms with Crippen molar-refractivity contribution in [2.45, 2.75) is 13.5 Å². The fourth-order valence-corrected chi connectivity index (χ4v) is 1.82. The third kappa shape index (κ3) is 1.99. The highest BCUT2D eigenvalue weighted by atomic mass is 16.5. The summed E-state index contributed by atoms with van der Waals surface area (Å²) in [5.41, 5.74) is 4.29. The second-order valence-electron chi connectivity index (χ2n) is 3.86. The molecule has 1 heterocycles. The molecule has 1 N–H and O–H groups in total. The largest absolute Gasteiger partial charge is 0.388 e. The van der Waals surface area contributed by atoms with Crippen LogP contribution in [0.2, 0.25) is 0 Å². The topological polar surface area (TPSA) is 34.1 Å². The van der Waals surface area contributed by atoms with E-state index in [1.54, 1.807) is 7.11 Å². The van der Waals surface area contributed by atoms with E-state index in [1.165, 1.54) is 5.56 Å². The molecule has 0 saturated carbocycles. The summed E-state index contributed by atoms with van der Waals surface area (Å²) in [6.45, 7) is 2.63. The van der Waals surface area contributed by atoms with Crippen molar-refractivity contribution in [3.05, 3.63) is 35.5 Å². The zero-order valence-electron chi connectivity index (χ0n) is 9.87. The van der Waals surface area contributed by atoms with Gasteiger partial charge in [-0.1, -0.05) is 11.6 Å². The predicted molar refractivity (Wildman–Crippen MR) is 66.7 cm³/mol. The molecule has 1 aromatic heterocycles. The molecule has 0 fully saturated rings. The van der Waals surface area contributed by atoms with E-state index >= 15 is 0 Å². The minimum atomic E-state index is 0.540. The lowest BCUT2D eigenvalue weighted by Crippen LogP contribution is -1.98. The van der Waals surface area contributed by atoms with Gasteiger partial charge in [0.2, 0.25) is 0 Å². The second kappa shape index (κ2) is 4.49. The van der Waals surface area contributed by atoms with Crippen molar-refractivity contribution in [3.63, 3.8) is 0 Å². The summed E-state index contributed by atoms with van der Waals surface area (Å²) in [4.78, 5) is 4.55. The van der Waals surface area contributed by atoms with Gasteiger partial charge >= 0.3 is 0 Å². The van der Waals surface area contributed by atoms with Crippen LogP contribution >= 0.6 is 0 Å². The maximum Gasteiger partial charge on any atom is 0.0885 e. The lowest BCUT2D eigenvalue weighted by Gasteiger charge is -2.09. The summed E-state index contributed by atoms with van der Waals surface area (Å²) in [6.07, 6.45) is 0. The van der Waals surface area contributed by atoms with E-state index in [0.717, 1.165) is 22.3 Å². The van der Waals surface area contributed by atoms with Crippen LogP contribution in [0.4, 0.5) is 5.69 Å². The molecule has 2 aromatic rings. The molecular weight excluding hydrogens is 200 g/mol. The zero-order chi connectivity index (χ0) is 11.5. The van der Waals surface area contributed by atoms with Crippen molar-refractivity contribution in [2.24, 2.45) is 0 Å². The number of rotatable bonds is 3. The molecule has 1 aromatic carbocycles. The van der Waals surface area contributed by atoms with Crippen molar-refractivity contribution in [2.75, 3.05) is 19.5 Å². The van der Waals surface area contributed by atoms with Crippen LogP contribution in [0.5, 0.6) is 0 Å². The molecule has 0 radical (unpaired) electrons. The van der Waals surface area contributed by atoms with Crippen LogP contribution in [0.1, 0.15) is 11.3 Å². The van der Waals surface area contributed by atoms with Crippen LogP contribution in [0.25, 0.3) is 10.9 Å². The normalized spacial score (nSPS) is 10.7. The van der Waals surface area contributed by atoms with Crippen LogP contribution in [-0.2, 0) is 11.3 Å². The maximum atomic E-state index is 5.11. The highest BCUT2D eigenvalue weighted by Gasteiger charge is 2.04. The van der Waals surface area contributed by atoms with Gasteiger partial charge in [-0.2, -0.15) is 0 Å². The number of nitrogens with zero attached hydrogens (tertiary/aromatic N) is 1. The lowest BCUT2D eigenvalue weighted by molar-refractivity contribution is 0.182. The van der Waals surface area contributed by atoms with E-state index in [9.17, 15) is 0 Å². The molecule has 0 spiro atoms. The Morgan fingerprint density at radius 1 is 1.31 bits per heavy atom. The molecule has 0 bridgehead atoms. The number of pyridine rings is 1. The monoisotopic (exact) mass is 216 g/mol. The number of aryl methyl sites for hydroxylation is 1. The van der Waals surface area contributed by atoms with Crippen molar-refractivity contribution in [1.82, 2.24) is 4.98 Å². The molecule has 3 heteroatoms. The van der Waals surface area contributed by atoms with Crippen LogP contribution in [-0.4, -0.2) is 19.1 Å². The van der Waals surface area contributed by atoms with Crippen molar-refractivity contribution in [1.29, 1.82) is 0 Å². The van der Waals surface area contributed by atoms with Crippen molar-refractivity contribution >= 4 is 16.6 Å². The Kier molecular flexibility index (Phi) is 3.06. The minimum absolute atomic E-state index is 0.540. The van der Waals surface area contributed by atoms with E-state index in [2.05, 4.69) is 29.4 Å². The number of aromatic nitrogens is 1. The van der Waals surface area contributed by atoms with Crippen molar-refractivity contribution < 1.29 is 4.74 Å². The summed E-state index contributed by atoms with van der Waals surface area (Å²) in [6, 6.07) is 8.30. The van der Waals surface area contributed by atoms with Gasteiger partial charge in [0.15, 0.2) is 0 Å². The first kappa shape index (κ1) is 10.9. The predicted octanol–water partition coefficient (Wildman–Crippen LogP) is 2.73. The van der Waals surface area contributed by atoms with Gasteiger partial charge in [0.05, 0.1) is 17.8 Å². The maximum absolute atomic E-state index is 5.11. The number of fused-ring (bicyclic) bond motifs is 1. The highest BCUT2D eigenvalue weighted by Crippen LogP contribution is 2.24. The molecule has 0 aliphatic heterocycles. The van der Waals surface area contributed by atoms with Gasteiger partial charge in [-0.05, 0) is 25.1 Å². The van der Waals surface area contributed by atoms with Gasteiger partial charge in [0.25, 0.3) is 0 Å². The fraction of sp³-hybridized carbons (Fsp3) is 0.308. The molecule has 2 rings (SSSR count). The molecule has 0 atom stereocenters. The van der Waals surface area contributed by atoms with Crippen LogP contribution < -0.4 is 5.32 Å². The second-order valence-corrected chi connectivity index (χ2v) is 3.86. The number of hydrogen-bond acceptors (Lipinski definition) is 3. The Morgan fingerprint density at radius 2 is 2.12 bits per heavy atom. The number of hydrogen-bond donors (Lipinski definition) is 1. The number of methoxy groups -OCH3 is 1. The summed E-state index contributed by atoms with van der Waals surface area (Å²) >= 11 is 0. The van der Waals surface area contributed by atoms with E-state index in [-0.39, 0.29) is 0 Å². The Morgan fingerprint density at radius 3 is 2.81 bits per heavy atom. The van der Waals surface area contributed by atoms with Crippen LogP contribution in [0.15, 0.2) is 24.3 Å². The molecular formula is C13H16N2O. The Bertz CT molecular complexity index is 509. The van der Waals surface area contributed by atoms with Crippen LogP contribution in [0, 0.1) is 6.92 Å². The fourth-order valence-electron chi connectivity index (χ4n) is 1.82. The first-order chi connectivity index (χ1) is 7.74. The van der Waals surface area contributed by atoms with E-state index in [0.29, 0.717) is 6.61 Å². The summed E-state index contributed by atoms with van der Waals surface area (Å²) in [5.74, 6) is 0. The molecule has 0 unspecified atom stereocenters. The number of anilines is 1. The molecule has 0 aliphatic carbocycles. The van der Waals surface area contributed by atoms with Gasteiger partial charge < -0.3 is 10.1 Å². The van der Waals surface area contributed by atoms with Gasteiger partial charge in [-0.3, -0.25) is 4.98 Å². The summed E-state index contributed by atoms with van der Waals surface area (Å²) in [7, 11) is 3.60.